The maximum atomic E-state index is 13.0. The second kappa shape index (κ2) is 10.2. The highest BCUT2D eigenvalue weighted by atomic mass is 16.2. The molecule has 1 saturated carbocycles. The van der Waals surface area contributed by atoms with E-state index in [4.69, 9.17) is 5.73 Å². The molecule has 4 N–H and O–H groups in total. The molecule has 0 bridgehead atoms. The molecule has 2 aromatic heterocycles. The van der Waals surface area contributed by atoms with Crippen LogP contribution in [-0.2, 0) is 4.79 Å². The van der Waals surface area contributed by atoms with Gasteiger partial charge in [-0.05, 0) is 43.0 Å². The molecule has 1 aromatic carbocycles. The van der Waals surface area contributed by atoms with Crippen molar-refractivity contribution in [1.82, 2.24) is 20.3 Å². The number of hydrogen-bond donors (Lipinski definition) is 3. The minimum atomic E-state index is -0.673. The fourth-order valence-electron chi connectivity index (χ4n) is 4.26. The Balaban J connectivity index is 0.00000272. The van der Waals surface area contributed by atoms with E-state index >= 15 is 0 Å². The number of hydrogen-bond acceptors (Lipinski definition) is 4. The van der Waals surface area contributed by atoms with Gasteiger partial charge in [-0.2, -0.15) is 0 Å². The predicted octanol–water partition coefficient (Wildman–Crippen LogP) is 4.21. The van der Waals surface area contributed by atoms with Crippen LogP contribution in [0.4, 0.5) is 0 Å². The molecule has 2 heterocycles. The van der Waals surface area contributed by atoms with Crippen molar-refractivity contribution in [3.8, 4) is 11.4 Å². The minimum absolute atomic E-state index is 0. The first kappa shape index (κ1) is 22.5. The van der Waals surface area contributed by atoms with Crippen molar-refractivity contribution in [3.05, 3.63) is 48.3 Å². The molecule has 7 nitrogen and oxygen atoms in total. The molecule has 0 spiro atoms. The standard InChI is InChI=1S/C23H27N5O2.CH4/c24-21(29)19(10-9-15-5-2-1-3-6-15)27-23(30)17-7-4-8-18-20(17)28-22(26-18)16-11-13-25-14-12-16;/h4,7-8,11-15,19H,1-3,5-6,9-10H2,(H2,24,29)(H,26,28)(H,27,30);1H4/t19-;/m1./s1. The van der Waals surface area contributed by atoms with Crippen molar-refractivity contribution < 1.29 is 9.59 Å². The molecule has 1 aliphatic carbocycles. The third-order valence-corrected chi connectivity index (χ3v) is 5.95. The molecule has 1 aliphatic rings. The van der Waals surface area contributed by atoms with Gasteiger partial charge in [-0.3, -0.25) is 14.6 Å². The number of primary amides is 1. The van der Waals surface area contributed by atoms with E-state index in [9.17, 15) is 9.59 Å². The first-order chi connectivity index (χ1) is 14.6. The number of amides is 2. The van der Waals surface area contributed by atoms with Crippen LogP contribution in [0.5, 0.6) is 0 Å². The zero-order chi connectivity index (χ0) is 20.9. The molecule has 2 amide bonds. The number of nitrogens with one attached hydrogen (secondary N) is 2. The highest BCUT2D eigenvalue weighted by Crippen LogP contribution is 2.28. The summed E-state index contributed by atoms with van der Waals surface area (Å²) in [6, 6.07) is 8.42. The van der Waals surface area contributed by atoms with Gasteiger partial charge in [0.15, 0.2) is 0 Å². The Morgan fingerprint density at radius 2 is 1.87 bits per heavy atom. The topological polar surface area (TPSA) is 114 Å². The zero-order valence-electron chi connectivity index (χ0n) is 16.9. The summed E-state index contributed by atoms with van der Waals surface area (Å²) in [6.45, 7) is 0. The molecule has 1 atom stereocenters. The van der Waals surface area contributed by atoms with Crippen molar-refractivity contribution in [2.75, 3.05) is 0 Å². The van der Waals surface area contributed by atoms with Crippen molar-refractivity contribution >= 4 is 22.8 Å². The lowest BCUT2D eigenvalue weighted by molar-refractivity contribution is -0.120. The minimum Gasteiger partial charge on any atom is -0.368 e. The lowest BCUT2D eigenvalue weighted by Crippen LogP contribution is -2.44. The molecule has 3 aromatic rings. The number of rotatable bonds is 7. The summed E-state index contributed by atoms with van der Waals surface area (Å²) < 4.78 is 0. The summed E-state index contributed by atoms with van der Waals surface area (Å²) in [4.78, 5) is 36.8. The lowest BCUT2D eigenvalue weighted by Gasteiger charge is -2.23. The van der Waals surface area contributed by atoms with Crippen molar-refractivity contribution in [2.45, 2.75) is 58.4 Å². The number of imidazole rings is 1. The van der Waals surface area contributed by atoms with Gasteiger partial charge >= 0.3 is 0 Å². The summed E-state index contributed by atoms with van der Waals surface area (Å²) in [6.07, 6.45) is 11.1. The second-order valence-corrected chi connectivity index (χ2v) is 8.03. The third-order valence-electron chi connectivity index (χ3n) is 5.95. The summed E-state index contributed by atoms with van der Waals surface area (Å²) >= 11 is 0. The number of aromatic amines is 1. The van der Waals surface area contributed by atoms with Gasteiger partial charge in [-0.15, -0.1) is 0 Å². The monoisotopic (exact) mass is 421 g/mol. The van der Waals surface area contributed by atoms with Crippen LogP contribution in [0.25, 0.3) is 22.4 Å². The summed E-state index contributed by atoms with van der Waals surface area (Å²) in [7, 11) is 0. The van der Waals surface area contributed by atoms with E-state index in [1.807, 2.05) is 18.2 Å². The highest BCUT2D eigenvalue weighted by Gasteiger charge is 2.23. The Hall–Kier alpha value is -3.22. The molecule has 4 rings (SSSR count). The lowest BCUT2D eigenvalue weighted by atomic mass is 9.85. The van der Waals surface area contributed by atoms with Crippen LogP contribution in [0.2, 0.25) is 0 Å². The van der Waals surface area contributed by atoms with Crippen LogP contribution in [-0.4, -0.2) is 32.8 Å². The third kappa shape index (κ3) is 5.29. The Morgan fingerprint density at radius 3 is 2.58 bits per heavy atom. The second-order valence-electron chi connectivity index (χ2n) is 8.03. The number of aromatic nitrogens is 3. The van der Waals surface area contributed by atoms with Gasteiger partial charge in [0.05, 0.1) is 11.1 Å². The Kier molecular flexibility index (Phi) is 7.39. The van der Waals surface area contributed by atoms with Crippen LogP contribution < -0.4 is 11.1 Å². The van der Waals surface area contributed by atoms with Crippen molar-refractivity contribution in [3.63, 3.8) is 0 Å². The average Bonchev–Trinajstić information content (AvgIpc) is 3.22. The number of H-pyrrole nitrogens is 1. The van der Waals surface area contributed by atoms with Gasteiger partial charge < -0.3 is 16.0 Å². The van der Waals surface area contributed by atoms with Crippen LogP contribution >= 0.6 is 0 Å². The number of para-hydroxylation sites is 1. The molecule has 0 aliphatic heterocycles. The molecule has 1 fully saturated rings. The molecule has 0 saturated heterocycles. The van der Waals surface area contributed by atoms with Gasteiger partial charge in [0.2, 0.25) is 5.91 Å². The summed E-state index contributed by atoms with van der Waals surface area (Å²) in [5.74, 6) is 0.457. The fraction of sp³-hybridized carbons (Fsp3) is 0.417. The number of carbonyl (C=O) groups excluding carboxylic acids is 2. The molecule has 0 unspecified atom stereocenters. The van der Waals surface area contributed by atoms with E-state index in [1.165, 1.54) is 32.1 Å². The molecule has 0 radical (unpaired) electrons. The van der Waals surface area contributed by atoms with E-state index in [-0.39, 0.29) is 13.3 Å². The van der Waals surface area contributed by atoms with Crippen LogP contribution in [0.3, 0.4) is 0 Å². The number of nitrogens with zero attached hydrogens (tertiary/aromatic N) is 2. The largest absolute Gasteiger partial charge is 0.368 e. The van der Waals surface area contributed by atoms with E-state index in [0.29, 0.717) is 29.2 Å². The van der Waals surface area contributed by atoms with E-state index < -0.39 is 11.9 Å². The number of fused-ring (bicyclic) bond motifs is 1. The molecular formula is C24H31N5O2. The maximum Gasteiger partial charge on any atom is 0.254 e. The van der Waals surface area contributed by atoms with Crippen molar-refractivity contribution in [1.29, 1.82) is 0 Å². The SMILES string of the molecule is C.NC(=O)[C@@H](CCC1CCCCC1)NC(=O)c1cccc2[nH]c(-c3ccncc3)nc12. The van der Waals surface area contributed by atoms with Gasteiger partial charge in [0.1, 0.15) is 17.4 Å². The molecule has 164 valence electrons. The predicted molar refractivity (Wildman–Crippen MR) is 122 cm³/mol. The summed E-state index contributed by atoms with van der Waals surface area (Å²) in [5.41, 5.74) is 8.22. The highest BCUT2D eigenvalue weighted by molar-refractivity contribution is 6.06. The average molecular weight is 422 g/mol. The van der Waals surface area contributed by atoms with E-state index in [0.717, 1.165) is 17.5 Å². The van der Waals surface area contributed by atoms with Crippen LogP contribution in [0.1, 0.15) is 62.7 Å². The smallest absolute Gasteiger partial charge is 0.254 e. The molecular weight excluding hydrogens is 390 g/mol. The number of pyridine rings is 1. The number of nitrogens with two attached hydrogens (primary N) is 1. The first-order valence-corrected chi connectivity index (χ1v) is 10.6. The summed E-state index contributed by atoms with van der Waals surface area (Å²) in [5, 5.41) is 2.84. The van der Waals surface area contributed by atoms with Gasteiger partial charge in [-0.1, -0.05) is 45.6 Å². The Bertz CT molecular complexity index is 1020. The van der Waals surface area contributed by atoms with E-state index in [2.05, 4.69) is 20.3 Å². The molecule has 7 heteroatoms. The fourth-order valence-corrected chi connectivity index (χ4v) is 4.26. The maximum absolute atomic E-state index is 13.0. The van der Waals surface area contributed by atoms with Crippen LogP contribution in [0.15, 0.2) is 42.7 Å². The number of carbonyl (C=O) groups is 2. The van der Waals surface area contributed by atoms with Crippen molar-refractivity contribution in [2.24, 2.45) is 11.7 Å². The first-order valence-electron chi connectivity index (χ1n) is 10.6. The van der Waals surface area contributed by atoms with Gasteiger partial charge in [-0.25, -0.2) is 4.98 Å². The van der Waals surface area contributed by atoms with Gasteiger partial charge in [0, 0.05) is 18.0 Å². The quantitative estimate of drug-likeness (QED) is 0.530. The number of benzene rings is 1. The normalized spacial score (nSPS) is 15.2. The van der Waals surface area contributed by atoms with Crippen LogP contribution in [0, 0.1) is 5.92 Å². The Labute approximate surface area is 182 Å². The zero-order valence-corrected chi connectivity index (χ0v) is 16.9. The molecule has 31 heavy (non-hydrogen) atoms. The van der Waals surface area contributed by atoms with E-state index in [1.54, 1.807) is 24.5 Å². The van der Waals surface area contributed by atoms with Gasteiger partial charge in [0.25, 0.3) is 5.91 Å². The Morgan fingerprint density at radius 1 is 1.13 bits per heavy atom.